The molecule has 1 atom stereocenters. The Morgan fingerprint density at radius 3 is 2.39 bits per heavy atom. The van der Waals surface area contributed by atoms with Crippen LogP contribution in [-0.2, 0) is 9.59 Å². The van der Waals surface area contributed by atoms with Gasteiger partial charge in [-0.1, -0.05) is 23.7 Å². The number of aromatic nitrogens is 3. The van der Waals surface area contributed by atoms with Gasteiger partial charge >= 0.3 is 0 Å². The molecule has 4 aromatic rings. The van der Waals surface area contributed by atoms with Gasteiger partial charge in [-0.15, -0.1) is 10.2 Å². The summed E-state index contributed by atoms with van der Waals surface area (Å²) in [7, 11) is -0.789. The normalized spacial score (nSPS) is 13.8. The molecule has 0 fully saturated rings. The van der Waals surface area contributed by atoms with E-state index in [0.717, 1.165) is 16.8 Å². The molecule has 0 aliphatic carbocycles. The fourth-order valence-electron chi connectivity index (χ4n) is 5.27. The van der Waals surface area contributed by atoms with Crippen LogP contribution in [0.4, 0.5) is 0 Å². The summed E-state index contributed by atoms with van der Waals surface area (Å²) < 4.78 is 13.1. The number of hydrogen-bond donors (Lipinski definition) is 3. The Labute approximate surface area is 290 Å². The molecule has 0 saturated heterocycles. The lowest BCUT2D eigenvalue weighted by atomic mass is 10.00. The Morgan fingerprint density at radius 2 is 1.69 bits per heavy atom. The number of carbonyl (C=O) groups is 3. The van der Waals surface area contributed by atoms with Crippen molar-refractivity contribution in [1.82, 2.24) is 25.4 Å². The molecule has 14 heteroatoms. The number of aryl methyl sites for hydroxylation is 1. The minimum atomic E-state index is -2.39. The maximum absolute atomic E-state index is 13.2. The third-order valence-corrected chi connectivity index (χ3v) is 9.07. The monoisotopic (exact) mass is 702 g/mol. The van der Waals surface area contributed by atoms with Gasteiger partial charge < -0.3 is 24.9 Å². The zero-order chi connectivity index (χ0) is 35.1. The first-order valence-corrected chi connectivity index (χ1v) is 19.4. The van der Waals surface area contributed by atoms with Crippen molar-refractivity contribution in [2.24, 2.45) is 4.99 Å². The van der Waals surface area contributed by atoms with Crippen molar-refractivity contribution < 1.29 is 28.7 Å². The minimum Gasteiger partial charge on any atom is -0.497 e. The highest BCUT2D eigenvalue weighted by Crippen LogP contribution is 2.34. The molecule has 0 bridgehead atoms. The number of carbonyl (C=O) groups excluding carboxylic acids is 3. The van der Waals surface area contributed by atoms with Crippen molar-refractivity contribution in [1.29, 1.82) is 0 Å². The number of ketones is 1. The summed E-state index contributed by atoms with van der Waals surface area (Å²) >= 11 is 6.18. The Bertz CT molecular complexity index is 1850. The van der Waals surface area contributed by atoms with Crippen LogP contribution < -0.4 is 20.1 Å². The van der Waals surface area contributed by atoms with E-state index in [0.29, 0.717) is 52.5 Å². The zero-order valence-corrected chi connectivity index (χ0v) is 29.6. The number of Topliss-reactive ketones (excluding diaryl/α,β-unsaturated/α-hetero) is 1. The molecule has 12 nitrogen and oxygen atoms in total. The third-order valence-electron chi connectivity index (χ3n) is 7.78. The highest BCUT2D eigenvalue weighted by Gasteiger charge is 2.30. The van der Waals surface area contributed by atoms with Crippen LogP contribution in [0.2, 0.25) is 18.1 Å². The second kappa shape index (κ2) is 15.6. The Kier molecular flexibility index (Phi) is 11.3. The molecule has 2 heterocycles. The molecule has 1 aliphatic heterocycles. The molecule has 0 radical (unpaired) electrons. The molecule has 1 aliphatic rings. The topological polar surface area (TPSA) is 157 Å². The highest BCUT2D eigenvalue weighted by molar-refractivity contribution is 6.70. The van der Waals surface area contributed by atoms with Crippen LogP contribution in [-0.4, -0.2) is 77.6 Å². The summed E-state index contributed by atoms with van der Waals surface area (Å²) in [4.78, 5) is 53.0. The first kappa shape index (κ1) is 35.5. The minimum absolute atomic E-state index is 0.0511. The fourth-order valence-corrected chi connectivity index (χ4v) is 5.99. The number of nitrogens with zero attached hydrogens (tertiary/aromatic N) is 4. The SMILES string of the molecule is COc1ccc2c(c1)C(c1ccc(Cl)cc1)=N[C@@H](CC(=O)NCC(=O)CCCOc1ccc(C(=O)NC[Si](C)(C)O)cc1)c1nnc(C)n1-2. The number of benzene rings is 3. The molecule has 49 heavy (non-hydrogen) atoms. The average Bonchev–Trinajstić information content (AvgIpc) is 3.41. The number of fused-ring (bicyclic) bond motifs is 3. The summed E-state index contributed by atoms with van der Waals surface area (Å²) in [6, 6.07) is 19.0. The van der Waals surface area contributed by atoms with E-state index in [9.17, 15) is 19.2 Å². The molecule has 3 N–H and O–H groups in total. The van der Waals surface area contributed by atoms with Crippen molar-refractivity contribution in [3.05, 3.63) is 100 Å². The van der Waals surface area contributed by atoms with Gasteiger partial charge in [0.25, 0.3) is 5.91 Å². The van der Waals surface area contributed by atoms with E-state index in [1.54, 1.807) is 56.6 Å². The lowest BCUT2D eigenvalue weighted by Crippen LogP contribution is -2.42. The lowest BCUT2D eigenvalue weighted by molar-refractivity contribution is -0.125. The second-order valence-electron chi connectivity index (χ2n) is 12.3. The van der Waals surface area contributed by atoms with Gasteiger partial charge in [0.2, 0.25) is 14.2 Å². The predicted octanol–water partition coefficient (Wildman–Crippen LogP) is 4.53. The molecule has 0 spiro atoms. The second-order valence-corrected chi connectivity index (χ2v) is 16.7. The lowest BCUT2D eigenvalue weighted by Gasteiger charge is -2.14. The molecule has 256 valence electrons. The van der Waals surface area contributed by atoms with Crippen LogP contribution in [0.5, 0.6) is 11.5 Å². The molecule has 1 aromatic heterocycles. The fraction of sp³-hybridized carbons (Fsp3) is 0.314. The van der Waals surface area contributed by atoms with E-state index in [2.05, 4.69) is 20.8 Å². The maximum Gasteiger partial charge on any atom is 0.251 e. The van der Waals surface area contributed by atoms with Crippen LogP contribution in [0.3, 0.4) is 0 Å². The number of methoxy groups -OCH3 is 1. The van der Waals surface area contributed by atoms with Gasteiger partial charge in [0.05, 0.1) is 38.1 Å². The van der Waals surface area contributed by atoms with Crippen molar-refractivity contribution in [3.8, 4) is 17.2 Å². The summed E-state index contributed by atoms with van der Waals surface area (Å²) in [5.41, 5.74) is 3.51. The van der Waals surface area contributed by atoms with Crippen molar-refractivity contribution in [2.75, 3.05) is 26.4 Å². The highest BCUT2D eigenvalue weighted by atomic mass is 35.5. The van der Waals surface area contributed by atoms with E-state index in [4.69, 9.17) is 26.1 Å². The van der Waals surface area contributed by atoms with E-state index < -0.39 is 14.4 Å². The van der Waals surface area contributed by atoms with Gasteiger partial charge in [0, 0.05) is 34.3 Å². The molecule has 5 rings (SSSR count). The van der Waals surface area contributed by atoms with Crippen LogP contribution in [0.25, 0.3) is 5.69 Å². The molecule has 2 amide bonds. The summed E-state index contributed by atoms with van der Waals surface area (Å²) in [5, 5.41) is 14.7. The standard InChI is InChI=1S/C35H39ClN6O6Si/c1-22-40-41-34-30(39-33(23-7-11-25(36)12-8-23)29-18-28(47-2)15-16-31(29)42(22)34)19-32(44)37-20-26(43)6-5-17-48-27-13-9-24(10-14-27)35(45)38-21-49(3,4)46/h7-16,18,30,46H,5-6,17,19-21H2,1-4H3,(H,37,44)(H,38,45)/t30-/m0/s1. The van der Waals surface area contributed by atoms with Crippen LogP contribution in [0, 0.1) is 6.92 Å². The number of ether oxygens (including phenoxy) is 2. The van der Waals surface area contributed by atoms with Crippen molar-refractivity contribution in [2.45, 2.75) is 45.3 Å². The number of hydrogen-bond acceptors (Lipinski definition) is 9. The molecule has 0 saturated carbocycles. The molecular formula is C35H39ClN6O6Si. The van der Waals surface area contributed by atoms with Gasteiger partial charge in [-0.2, -0.15) is 0 Å². The summed E-state index contributed by atoms with van der Waals surface area (Å²) in [6.07, 6.45) is 0.888. The number of aliphatic imine (C=N–C) groups is 1. The van der Waals surface area contributed by atoms with E-state index in [-0.39, 0.29) is 43.2 Å². The first-order valence-electron chi connectivity index (χ1n) is 15.9. The summed E-state index contributed by atoms with van der Waals surface area (Å²) in [5.74, 6) is 1.62. The largest absolute Gasteiger partial charge is 0.497 e. The predicted molar refractivity (Wildman–Crippen MR) is 188 cm³/mol. The van der Waals surface area contributed by atoms with Gasteiger partial charge in [-0.3, -0.25) is 23.9 Å². The van der Waals surface area contributed by atoms with Crippen LogP contribution in [0.15, 0.2) is 71.7 Å². The van der Waals surface area contributed by atoms with Gasteiger partial charge in [-0.05, 0) is 81.0 Å². The Morgan fingerprint density at radius 1 is 0.980 bits per heavy atom. The number of nitrogens with one attached hydrogen (secondary N) is 2. The molecular weight excluding hydrogens is 664 g/mol. The molecule has 0 unspecified atom stereocenters. The van der Waals surface area contributed by atoms with Crippen LogP contribution in [0.1, 0.15) is 58.4 Å². The Hall–Kier alpha value is -4.85. The number of halogens is 1. The average molecular weight is 703 g/mol. The van der Waals surface area contributed by atoms with Gasteiger partial charge in [-0.25, -0.2) is 0 Å². The van der Waals surface area contributed by atoms with E-state index in [1.807, 2.05) is 41.8 Å². The summed E-state index contributed by atoms with van der Waals surface area (Å²) in [6.45, 7) is 5.51. The smallest absolute Gasteiger partial charge is 0.251 e. The number of rotatable bonds is 14. The maximum atomic E-state index is 13.2. The van der Waals surface area contributed by atoms with Crippen molar-refractivity contribution >= 4 is 43.2 Å². The quantitative estimate of drug-likeness (QED) is 0.128. The first-order chi connectivity index (χ1) is 23.4. The van der Waals surface area contributed by atoms with Crippen molar-refractivity contribution in [3.63, 3.8) is 0 Å². The van der Waals surface area contributed by atoms with Gasteiger partial charge in [0.1, 0.15) is 23.4 Å². The van der Waals surface area contributed by atoms with E-state index in [1.165, 1.54) is 0 Å². The molecule has 3 aromatic carbocycles. The van der Waals surface area contributed by atoms with Gasteiger partial charge in [0.15, 0.2) is 11.6 Å². The van der Waals surface area contributed by atoms with Crippen LogP contribution >= 0.6 is 11.6 Å². The zero-order valence-electron chi connectivity index (χ0n) is 27.8. The number of amides is 2. The Balaban J connectivity index is 1.18. The third kappa shape index (κ3) is 9.19. The van der Waals surface area contributed by atoms with E-state index >= 15 is 0 Å².